The van der Waals surface area contributed by atoms with E-state index in [4.69, 9.17) is 8.83 Å². The summed E-state index contributed by atoms with van der Waals surface area (Å²) in [6, 6.07) is 94.2. The Morgan fingerprint density at radius 1 is 0.322 bits per heavy atom. The standard InChI is InChI=1S/C83H65N3O2S2/c1-50-22-17-30-62-64-32-20-38-72(81(64)87-79(50)62)84(52-40-44-54(45-41-52)89(3,4)5)74-48-68-76(59-27-11-9-24-56(59)74)77-60-28-12-10-25-57(60)75(49-69(77)83(68)66-34-14-16-37-71(66)86-70-36-15-13-26-58(70)61-29-19-35-67(83)78(61)86)85(53-42-46-55(47-43-53)90(6,7)8)73-39-21-33-65-63-31-18-23-51(2)80(63)88-82(65)73/h9-49H,1-8H3. The molecule has 5 nitrogen and oxygen atoms in total. The van der Waals surface area contributed by atoms with Crippen molar-refractivity contribution in [1.29, 1.82) is 0 Å². The molecule has 1 aliphatic heterocycles. The molecule has 2 aliphatic rings. The first kappa shape index (κ1) is 53.1. The minimum Gasteiger partial charge on any atom is -0.454 e. The lowest BCUT2D eigenvalue weighted by Crippen LogP contribution is -2.34. The average Bonchev–Trinajstić information content (AvgIpc) is 1.46. The predicted octanol–water partition coefficient (Wildman–Crippen LogP) is 23.2. The molecule has 16 aromatic rings. The number of hydrogen-bond donors (Lipinski definition) is 0. The summed E-state index contributed by atoms with van der Waals surface area (Å²) in [5.74, 6) is 0. The predicted molar refractivity (Wildman–Crippen MR) is 387 cm³/mol. The first-order valence-electron chi connectivity index (χ1n) is 31.0. The third-order valence-electron chi connectivity index (χ3n) is 19.7. The first-order chi connectivity index (χ1) is 43.8. The Morgan fingerprint density at radius 2 is 0.711 bits per heavy atom. The van der Waals surface area contributed by atoms with Crippen LogP contribution in [-0.2, 0) is 5.41 Å². The first-order valence-corrected chi connectivity index (χ1v) is 36.7. The van der Waals surface area contributed by atoms with Crippen LogP contribution >= 0.6 is 20.1 Å². The molecule has 1 spiro atoms. The minimum atomic E-state index is -1.04. The van der Waals surface area contributed by atoms with Gasteiger partial charge in [0.05, 0.1) is 44.9 Å². The Balaban J connectivity index is 1.02. The van der Waals surface area contributed by atoms with E-state index in [1.165, 1.54) is 81.4 Å². The lowest BCUT2D eigenvalue weighted by molar-refractivity contribution is 0.665. The average molecular weight is 1200 g/mol. The Bertz CT molecular complexity index is 5460. The molecule has 0 amide bonds. The van der Waals surface area contributed by atoms with Gasteiger partial charge in [-0.15, -0.1) is 0 Å². The van der Waals surface area contributed by atoms with E-state index in [0.29, 0.717) is 0 Å². The molecule has 0 N–H and O–H groups in total. The maximum atomic E-state index is 7.21. The van der Waals surface area contributed by atoms with Crippen LogP contribution in [0.5, 0.6) is 0 Å². The van der Waals surface area contributed by atoms with E-state index in [0.717, 1.165) is 99.9 Å². The lowest BCUT2D eigenvalue weighted by Gasteiger charge is -2.40. The van der Waals surface area contributed by atoms with Crippen LogP contribution in [-0.4, -0.2) is 42.1 Å². The fourth-order valence-corrected chi connectivity index (χ4v) is 17.6. The maximum Gasteiger partial charge on any atom is 0.159 e. The van der Waals surface area contributed by atoms with Crippen LogP contribution in [0.25, 0.3) is 104 Å². The molecule has 0 saturated heterocycles. The van der Waals surface area contributed by atoms with E-state index >= 15 is 0 Å². The molecule has 0 radical (unpaired) electrons. The molecule has 4 heterocycles. The zero-order valence-corrected chi connectivity index (χ0v) is 53.3. The van der Waals surface area contributed by atoms with Gasteiger partial charge in [-0.1, -0.05) is 164 Å². The third kappa shape index (κ3) is 7.30. The van der Waals surface area contributed by atoms with Gasteiger partial charge in [0.15, 0.2) is 11.2 Å². The highest BCUT2D eigenvalue weighted by Crippen LogP contribution is 2.66. The van der Waals surface area contributed by atoms with E-state index in [-0.39, 0.29) is 0 Å². The fourth-order valence-electron chi connectivity index (χ4n) is 15.7. The smallest absolute Gasteiger partial charge is 0.159 e. The highest BCUT2D eigenvalue weighted by Gasteiger charge is 2.53. The number of aryl methyl sites for hydroxylation is 2. The summed E-state index contributed by atoms with van der Waals surface area (Å²) in [4.78, 5) is 7.73. The van der Waals surface area contributed by atoms with Gasteiger partial charge in [-0.25, -0.2) is 20.1 Å². The lowest BCUT2D eigenvalue weighted by atomic mass is 9.65. The van der Waals surface area contributed by atoms with Crippen molar-refractivity contribution in [3.05, 3.63) is 282 Å². The van der Waals surface area contributed by atoms with Crippen LogP contribution < -0.4 is 9.80 Å². The second-order valence-electron chi connectivity index (χ2n) is 26.3. The zero-order valence-electron chi connectivity index (χ0n) is 51.6. The van der Waals surface area contributed by atoms with Gasteiger partial charge in [-0.05, 0) is 201 Å². The number of benzene rings is 13. The topological polar surface area (TPSA) is 37.7 Å². The Hall–Kier alpha value is -9.92. The van der Waals surface area contributed by atoms with Crippen LogP contribution in [0.4, 0.5) is 34.1 Å². The number of nitrogens with zero attached hydrogens (tertiary/aromatic N) is 3. The summed E-state index contributed by atoms with van der Waals surface area (Å²) in [6.07, 6.45) is 14.3. The maximum absolute atomic E-state index is 7.21. The van der Waals surface area contributed by atoms with E-state index < -0.39 is 25.5 Å². The summed E-state index contributed by atoms with van der Waals surface area (Å²) in [7, 11) is -2.08. The van der Waals surface area contributed by atoms with E-state index in [9.17, 15) is 0 Å². The largest absolute Gasteiger partial charge is 0.454 e. The SMILES string of the molecule is Cc1cccc2c1oc1c(N(c3ccc(S(C)(C)C)cc3)c3cc4c(c5ccccc35)-c3c(cc(N(c5ccc(S(C)(C)C)cc5)c5cccc6c5oc5c(C)cccc56)c5ccccc35)C43c4ccccc4-n4c5ccccc5c5cccc3c54)cccc12. The van der Waals surface area contributed by atoms with Crippen LogP contribution in [0.1, 0.15) is 33.4 Å². The molecular weight excluding hydrogens is 1140 g/mol. The van der Waals surface area contributed by atoms with Crippen LogP contribution in [0.3, 0.4) is 0 Å². The number of para-hydroxylation sites is 7. The Kier molecular flexibility index (Phi) is 11.2. The number of hydrogen-bond acceptors (Lipinski definition) is 4. The second-order valence-corrected chi connectivity index (χ2v) is 34.6. The molecule has 1 aliphatic carbocycles. The van der Waals surface area contributed by atoms with Crippen molar-refractivity contribution in [1.82, 2.24) is 4.57 Å². The number of furan rings is 2. The normalized spacial score (nSPS) is 13.8. The fraction of sp³-hybridized carbons (Fsp3) is 0.108. The molecule has 436 valence electrons. The van der Waals surface area contributed by atoms with Gasteiger partial charge in [0.25, 0.3) is 0 Å². The summed E-state index contributed by atoms with van der Waals surface area (Å²) in [6.45, 7) is 4.31. The van der Waals surface area contributed by atoms with E-state index in [2.05, 4.69) is 314 Å². The summed E-state index contributed by atoms with van der Waals surface area (Å²) >= 11 is 0. The van der Waals surface area contributed by atoms with E-state index in [1.54, 1.807) is 0 Å². The Morgan fingerprint density at radius 3 is 1.21 bits per heavy atom. The number of rotatable bonds is 8. The van der Waals surface area contributed by atoms with Gasteiger partial charge in [-0.3, -0.25) is 0 Å². The zero-order chi connectivity index (χ0) is 60.7. The van der Waals surface area contributed by atoms with Gasteiger partial charge in [-0.2, -0.15) is 0 Å². The van der Waals surface area contributed by atoms with Crippen LogP contribution in [0.15, 0.2) is 267 Å². The van der Waals surface area contributed by atoms with Crippen molar-refractivity contribution in [2.24, 2.45) is 0 Å². The monoisotopic (exact) mass is 1200 g/mol. The van der Waals surface area contributed by atoms with Gasteiger partial charge in [0.1, 0.15) is 11.2 Å². The minimum absolute atomic E-state index is 0.856. The molecule has 90 heavy (non-hydrogen) atoms. The van der Waals surface area contributed by atoms with Crippen molar-refractivity contribution in [2.45, 2.75) is 29.1 Å². The summed E-state index contributed by atoms with van der Waals surface area (Å²) in [5, 5.41) is 11.5. The molecule has 18 rings (SSSR count). The van der Waals surface area contributed by atoms with Gasteiger partial charge in [0, 0.05) is 54.5 Å². The van der Waals surface area contributed by atoms with Crippen molar-refractivity contribution in [3.63, 3.8) is 0 Å². The van der Waals surface area contributed by atoms with E-state index in [1.807, 2.05) is 0 Å². The highest BCUT2D eigenvalue weighted by molar-refractivity contribution is 8.32. The molecule has 7 heteroatoms. The molecule has 13 aromatic carbocycles. The van der Waals surface area contributed by atoms with Gasteiger partial charge >= 0.3 is 0 Å². The highest BCUT2D eigenvalue weighted by atomic mass is 32.3. The van der Waals surface area contributed by atoms with Gasteiger partial charge < -0.3 is 23.2 Å². The summed E-state index contributed by atoms with van der Waals surface area (Å²) < 4.78 is 17.0. The molecule has 0 atom stereocenters. The Labute approximate surface area is 526 Å². The van der Waals surface area contributed by atoms with Crippen molar-refractivity contribution >= 4 is 141 Å². The molecular formula is C83H65N3O2S2. The number of fused-ring (bicyclic) bond motifs is 22. The van der Waals surface area contributed by atoms with Gasteiger partial charge in [0.2, 0.25) is 0 Å². The molecule has 0 bridgehead atoms. The number of aromatic nitrogens is 1. The molecule has 0 saturated carbocycles. The van der Waals surface area contributed by atoms with Crippen molar-refractivity contribution in [3.8, 4) is 16.8 Å². The van der Waals surface area contributed by atoms with Crippen LogP contribution in [0, 0.1) is 13.8 Å². The molecule has 0 fully saturated rings. The summed E-state index contributed by atoms with van der Waals surface area (Å²) in [5.41, 5.74) is 22.1. The molecule has 3 aromatic heterocycles. The number of anilines is 6. The molecule has 0 unspecified atom stereocenters. The third-order valence-corrected chi connectivity index (χ3v) is 23.1. The van der Waals surface area contributed by atoms with Crippen molar-refractivity contribution < 1.29 is 8.83 Å². The van der Waals surface area contributed by atoms with Crippen molar-refractivity contribution in [2.75, 3.05) is 47.3 Å². The second kappa shape index (κ2) is 19.1. The van der Waals surface area contributed by atoms with Crippen LogP contribution in [0.2, 0.25) is 0 Å². The quantitative estimate of drug-likeness (QED) is 0.152.